The lowest BCUT2D eigenvalue weighted by Gasteiger charge is -2.10. The molecule has 1 heterocycles. The third kappa shape index (κ3) is 3.24. The highest BCUT2D eigenvalue weighted by Crippen LogP contribution is 2.23. The molecule has 2 aromatic rings. The van der Waals surface area contributed by atoms with E-state index in [0.29, 0.717) is 12.4 Å². The van der Waals surface area contributed by atoms with Crippen molar-refractivity contribution in [1.82, 2.24) is 4.98 Å². The van der Waals surface area contributed by atoms with Gasteiger partial charge in [0.15, 0.2) is 0 Å². The minimum atomic E-state index is 0.661. The van der Waals surface area contributed by atoms with Crippen LogP contribution in [0.5, 0.6) is 0 Å². The zero-order chi connectivity index (χ0) is 13.7. The van der Waals surface area contributed by atoms with Gasteiger partial charge < -0.3 is 11.5 Å². The number of nitrogen functional groups attached to an aromatic ring is 1. The standard InChI is InChI=1S/C16H23N3/c1-2-3-4-6-13-11-14-12(9-10-17)7-5-8-15(14)19-16(13)18/h5,7-8,11H,2-4,6,9-10,17H2,1H3,(H2,18,19). The first-order valence-corrected chi connectivity index (χ1v) is 7.13. The average Bonchev–Trinajstić information content (AvgIpc) is 2.40. The van der Waals surface area contributed by atoms with E-state index < -0.39 is 0 Å². The summed E-state index contributed by atoms with van der Waals surface area (Å²) in [5.41, 5.74) is 15.1. The average molecular weight is 257 g/mol. The lowest BCUT2D eigenvalue weighted by molar-refractivity contribution is 0.717. The van der Waals surface area contributed by atoms with Crippen LogP contribution < -0.4 is 11.5 Å². The summed E-state index contributed by atoms with van der Waals surface area (Å²) in [6, 6.07) is 8.37. The van der Waals surface area contributed by atoms with Crippen molar-refractivity contribution in [3.05, 3.63) is 35.4 Å². The predicted molar refractivity (Wildman–Crippen MR) is 82.1 cm³/mol. The maximum atomic E-state index is 6.06. The molecule has 0 bridgehead atoms. The number of hydrogen-bond acceptors (Lipinski definition) is 3. The van der Waals surface area contributed by atoms with Gasteiger partial charge in [0, 0.05) is 5.39 Å². The number of nitrogens with two attached hydrogens (primary N) is 2. The predicted octanol–water partition coefficient (Wildman–Crippen LogP) is 3.05. The van der Waals surface area contributed by atoms with E-state index in [2.05, 4.69) is 24.0 Å². The van der Waals surface area contributed by atoms with Crippen LogP contribution >= 0.6 is 0 Å². The SMILES string of the molecule is CCCCCc1cc2c(CCN)cccc2nc1N. The van der Waals surface area contributed by atoms with Crippen LogP contribution in [0.1, 0.15) is 37.3 Å². The van der Waals surface area contributed by atoms with Gasteiger partial charge in [-0.25, -0.2) is 4.98 Å². The van der Waals surface area contributed by atoms with Crippen molar-refractivity contribution in [1.29, 1.82) is 0 Å². The van der Waals surface area contributed by atoms with Crippen LogP contribution in [0, 0.1) is 0 Å². The molecule has 3 heteroatoms. The van der Waals surface area contributed by atoms with E-state index in [9.17, 15) is 0 Å². The molecule has 0 aliphatic heterocycles. The summed E-state index contributed by atoms with van der Waals surface area (Å²) in [6.07, 6.45) is 5.53. The second kappa shape index (κ2) is 6.53. The van der Waals surface area contributed by atoms with Gasteiger partial charge in [0.2, 0.25) is 0 Å². The first kappa shape index (κ1) is 13.8. The molecule has 0 amide bonds. The zero-order valence-electron chi connectivity index (χ0n) is 11.7. The van der Waals surface area contributed by atoms with E-state index in [1.54, 1.807) is 0 Å². The van der Waals surface area contributed by atoms with Crippen molar-refractivity contribution in [3.8, 4) is 0 Å². The molecule has 0 radical (unpaired) electrons. The Morgan fingerprint density at radius 3 is 2.68 bits per heavy atom. The van der Waals surface area contributed by atoms with Crippen LogP contribution in [-0.2, 0) is 12.8 Å². The normalized spacial score (nSPS) is 11.1. The summed E-state index contributed by atoms with van der Waals surface area (Å²) in [5, 5.41) is 1.20. The number of hydrogen-bond donors (Lipinski definition) is 2. The second-order valence-electron chi connectivity index (χ2n) is 5.01. The van der Waals surface area contributed by atoms with Gasteiger partial charge in [0.1, 0.15) is 5.82 Å². The van der Waals surface area contributed by atoms with Crippen molar-refractivity contribution in [3.63, 3.8) is 0 Å². The van der Waals surface area contributed by atoms with E-state index in [-0.39, 0.29) is 0 Å². The highest BCUT2D eigenvalue weighted by Gasteiger charge is 2.07. The molecule has 0 aliphatic rings. The Labute approximate surface area is 115 Å². The number of unbranched alkanes of at least 4 members (excludes halogenated alkanes) is 2. The molecular formula is C16H23N3. The Hall–Kier alpha value is -1.61. The van der Waals surface area contributed by atoms with Gasteiger partial charge in [-0.15, -0.1) is 0 Å². The molecular weight excluding hydrogens is 234 g/mol. The van der Waals surface area contributed by atoms with E-state index in [1.165, 1.54) is 35.8 Å². The van der Waals surface area contributed by atoms with Gasteiger partial charge in [-0.2, -0.15) is 0 Å². The summed E-state index contributed by atoms with van der Waals surface area (Å²) >= 11 is 0. The molecule has 0 aliphatic carbocycles. The molecule has 0 spiro atoms. The number of anilines is 1. The van der Waals surface area contributed by atoms with E-state index in [4.69, 9.17) is 11.5 Å². The zero-order valence-corrected chi connectivity index (χ0v) is 11.7. The topological polar surface area (TPSA) is 64.9 Å². The fourth-order valence-electron chi connectivity index (χ4n) is 2.45. The maximum Gasteiger partial charge on any atom is 0.127 e. The third-order valence-corrected chi connectivity index (χ3v) is 3.53. The van der Waals surface area contributed by atoms with Crippen LogP contribution in [0.25, 0.3) is 10.9 Å². The van der Waals surface area contributed by atoms with Gasteiger partial charge in [-0.3, -0.25) is 0 Å². The largest absolute Gasteiger partial charge is 0.383 e. The minimum absolute atomic E-state index is 0.661. The number of nitrogens with zero attached hydrogens (tertiary/aromatic N) is 1. The highest BCUT2D eigenvalue weighted by atomic mass is 14.8. The molecule has 2 rings (SSSR count). The number of rotatable bonds is 6. The van der Waals surface area contributed by atoms with Crippen LogP contribution in [0.4, 0.5) is 5.82 Å². The van der Waals surface area contributed by atoms with Crippen molar-refractivity contribution in [2.24, 2.45) is 5.73 Å². The lowest BCUT2D eigenvalue weighted by atomic mass is 10.0. The monoisotopic (exact) mass is 257 g/mol. The molecule has 4 N–H and O–H groups in total. The van der Waals surface area contributed by atoms with Crippen molar-refractivity contribution < 1.29 is 0 Å². The van der Waals surface area contributed by atoms with Crippen molar-refractivity contribution in [2.45, 2.75) is 39.0 Å². The first-order chi connectivity index (χ1) is 9.26. The number of benzene rings is 1. The van der Waals surface area contributed by atoms with Gasteiger partial charge >= 0.3 is 0 Å². The molecule has 3 nitrogen and oxygen atoms in total. The van der Waals surface area contributed by atoms with Crippen molar-refractivity contribution >= 4 is 16.7 Å². The van der Waals surface area contributed by atoms with Crippen LogP contribution in [0.3, 0.4) is 0 Å². The van der Waals surface area contributed by atoms with Crippen LogP contribution in [0.2, 0.25) is 0 Å². The third-order valence-electron chi connectivity index (χ3n) is 3.53. The number of pyridine rings is 1. The molecule has 0 atom stereocenters. The van der Waals surface area contributed by atoms with Crippen LogP contribution in [-0.4, -0.2) is 11.5 Å². The quantitative estimate of drug-likeness (QED) is 0.782. The Morgan fingerprint density at radius 2 is 1.95 bits per heavy atom. The fraction of sp³-hybridized carbons (Fsp3) is 0.438. The molecule has 19 heavy (non-hydrogen) atoms. The summed E-state index contributed by atoms with van der Waals surface area (Å²) < 4.78 is 0. The number of aromatic nitrogens is 1. The molecule has 1 aromatic heterocycles. The summed E-state index contributed by atoms with van der Waals surface area (Å²) in [5.74, 6) is 0.675. The number of aryl methyl sites for hydroxylation is 1. The highest BCUT2D eigenvalue weighted by molar-refractivity contribution is 5.84. The Bertz CT molecular complexity index is 549. The molecule has 0 unspecified atom stereocenters. The van der Waals surface area contributed by atoms with E-state index in [0.717, 1.165) is 18.4 Å². The van der Waals surface area contributed by atoms with Crippen LogP contribution in [0.15, 0.2) is 24.3 Å². The number of fused-ring (bicyclic) bond motifs is 1. The molecule has 0 fully saturated rings. The molecule has 0 saturated carbocycles. The Balaban J connectivity index is 2.37. The van der Waals surface area contributed by atoms with Gasteiger partial charge in [0.25, 0.3) is 0 Å². The van der Waals surface area contributed by atoms with E-state index >= 15 is 0 Å². The van der Waals surface area contributed by atoms with Crippen molar-refractivity contribution in [2.75, 3.05) is 12.3 Å². The molecule has 102 valence electrons. The lowest BCUT2D eigenvalue weighted by Crippen LogP contribution is -2.04. The smallest absolute Gasteiger partial charge is 0.127 e. The van der Waals surface area contributed by atoms with E-state index in [1.807, 2.05) is 12.1 Å². The molecule has 0 saturated heterocycles. The summed E-state index contributed by atoms with van der Waals surface area (Å²) in [7, 11) is 0. The Kier molecular flexibility index (Phi) is 4.74. The first-order valence-electron chi connectivity index (χ1n) is 7.13. The fourth-order valence-corrected chi connectivity index (χ4v) is 2.45. The van der Waals surface area contributed by atoms with Gasteiger partial charge in [0.05, 0.1) is 5.52 Å². The summed E-state index contributed by atoms with van der Waals surface area (Å²) in [6.45, 7) is 2.87. The summed E-state index contributed by atoms with van der Waals surface area (Å²) in [4.78, 5) is 4.53. The molecule has 1 aromatic carbocycles. The van der Waals surface area contributed by atoms with Gasteiger partial charge in [-0.1, -0.05) is 31.9 Å². The second-order valence-corrected chi connectivity index (χ2v) is 5.01. The van der Waals surface area contributed by atoms with Gasteiger partial charge in [-0.05, 0) is 49.1 Å². The Morgan fingerprint density at radius 1 is 1.11 bits per heavy atom. The minimum Gasteiger partial charge on any atom is -0.383 e. The maximum absolute atomic E-state index is 6.06.